The zero-order chi connectivity index (χ0) is 20.8. The first-order valence-corrected chi connectivity index (χ1v) is 11.1. The highest BCUT2D eigenvalue weighted by Gasteiger charge is 2.22. The molecule has 1 N–H and O–H groups in total. The molecule has 0 saturated carbocycles. The molecule has 1 atom stereocenters. The lowest BCUT2D eigenvalue weighted by atomic mass is 10.2. The number of esters is 1. The molecule has 2 aromatic heterocycles. The van der Waals surface area contributed by atoms with Crippen LogP contribution in [0.5, 0.6) is 0 Å². The molecule has 3 aromatic rings. The Morgan fingerprint density at radius 2 is 1.90 bits per heavy atom. The van der Waals surface area contributed by atoms with Gasteiger partial charge in [0, 0.05) is 51.9 Å². The normalized spacial score (nSPS) is 16.6. The number of H-pyrrole nitrogens is 1. The van der Waals surface area contributed by atoms with Gasteiger partial charge in [-0.2, -0.15) is 0 Å². The van der Waals surface area contributed by atoms with E-state index >= 15 is 0 Å². The number of aromatic nitrogens is 4. The second-order valence-electron chi connectivity index (χ2n) is 7.38. The standard InChI is InChI=1S/C21H26N6O2S/c1-16(28)29-18(13-30-21-19-20(23-14-22-19)24-15-25-21)12-27-9-7-26(8-10-27)11-17-5-3-2-4-6-17/h2-6,14-15,18H,7-13H2,1H3,(H,22,23,24,25). The Labute approximate surface area is 180 Å². The molecular weight excluding hydrogens is 400 g/mol. The number of nitrogens with zero attached hydrogens (tertiary/aromatic N) is 5. The predicted octanol–water partition coefficient (Wildman–Crippen LogP) is 2.19. The minimum atomic E-state index is -0.252. The van der Waals surface area contributed by atoms with Gasteiger partial charge in [0.25, 0.3) is 0 Å². The summed E-state index contributed by atoms with van der Waals surface area (Å²) in [6.45, 7) is 7.12. The Balaban J connectivity index is 1.30. The molecule has 3 heterocycles. The fourth-order valence-electron chi connectivity index (χ4n) is 3.64. The largest absolute Gasteiger partial charge is 0.460 e. The Kier molecular flexibility index (Phi) is 6.93. The van der Waals surface area contributed by atoms with Crippen LogP contribution < -0.4 is 0 Å². The van der Waals surface area contributed by atoms with E-state index in [1.807, 2.05) is 6.07 Å². The van der Waals surface area contributed by atoms with Gasteiger partial charge in [0.05, 0.1) is 6.33 Å². The fourth-order valence-corrected chi connectivity index (χ4v) is 4.58. The number of fused-ring (bicyclic) bond motifs is 1. The van der Waals surface area contributed by atoms with Crippen LogP contribution in [-0.2, 0) is 16.1 Å². The van der Waals surface area contributed by atoms with E-state index in [0.29, 0.717) is 11.4 Å². The molecule has 4 rings (SSSR count). The summed E-state index contributed by atoms with van der Waals surface area (Å²) in [6.07, 6.45) is 2.93. The van der Waals surface area contributed by atoms with E-state index in [0.717, 1.165) is 49.8 Å². The van der Waals surface area contributed by atoms with Crippen molar-refractivity contribution in [3.8, 4) is 0 Å². The van der Waals surface area contributed by atoms with Gasteiger partial charge in [-0.1, -0.05) is 30.3 Å². The average Bonchev–Trinajstić information content (AvgIpc) is 3.23. The predicted molar refractivity (Wildman–Crippen MR) is 116 cm³/mol. The van der Waals surface area contributed by atoms with Crippen LogP contribution in [0, 0.1) is 0 Å². The molecule has 1 unspecified atom stereocenters. The van der Waals surface area contributed by atoms with Crippen molar-refractivity contribution < 1.29 is 9.53 Å². The van der Waals surface area contributed by atoms with Gasteiger partial charge in [0.2, 0.25) is 0 Å². The minimum Gasteiger partial charge on any atom is -0.460 e. The number of nitrogens with one attached hydrogen (secondary N) is 1. The molecule has 0 bridgehead atoms. The van der Waals surface area contributed by atoms with Crippen molar-refractivity contribution in [1.82, 2.24) is 29.7 Å². The smallest absolute Gasteiger partial charge is 0.302 e. The van der Waals surface area contributed by atoms with Crippen LogP contribution in [0.4, 0.5) is 0 Å². The van der Waals surface area contributed by atoms with Gasteiger partial charge < -0.3 is 9.72 Å². The van der Waals surface area contributed by atoms with Gasteiger partial charge >= 0.3 is 5.97 Å². The number of ether oxygens (including phenoxy) is 1. The van der Waals surface area contributed by atoms with Crippen LogP contribution in [0.1, 0.15) is 12.5 Å². The lowest BCUT2D eigenvalue weighted by molar-refractivity contribution is -0.146. The van der Waals surface area contributed by atoms with Crippen molar-refractivity contribution in [2.75, 3.05) is 38.5 Å². The minimum absolute atomic E-state index is 0.193. The SMILES string of the molecule is CC(=O)OC(CSc1ncnc2nc[nH]c12)CN1CCN(Cc2ccccc2)CC1. The number of hydrogen-bond donors (Lipinski definition) is 1. The summed E-state index contributed by atoms with van der Waals surface area (Å²) in [4.78, 5) is 32.2. The second-order valence-corrected chi connectivity index (χ2v) is 8.39. The van der Waals surface area contributed by atoms with Crippen LogP contribution in [-0.4, -0.2) is 80.3 Å². The summed E-state index contributed by atoms with van der Waals surface area (Å²) in [5.74, 6) is 0.382. The third-order valence-corrected chi connectivity index (χ3v) is 6.22. The quantitative estimate of drug-likeness (QED) is 0.333. The van der Waals surface area contributed by atoms with Gasteiger partial charge in [0.1, 0.15) is 23.0 Å². The van der Waals surface area contributed by atoms with Crippen molar-refractivity contribution in [2.45, 2.75) is 24.6 Å². The van der Waals surface area contributed by atoms with Crippen LogP contribution in [0.25, 0.3) is 11.2 Å². The first kappa shape index (κ1) is 20.8. The molecule has 0 aliphatic carbocycles. The number of hydrogen-bond acceptors (Lipinski definition) is 8. The Morgan fingerprint density at radius 1 is 1.13 bits per heavy atom. The summed E-state index contributed by atoms with van der Waals surface area (Å²) < 4.78 is 5.61. The summed E-state index contributed by atoms with van der Waals surface area (Å²) in [5, 5.41) is 0.822. The van der Waals surface area contributed by atoms with Crippen LogP contribution in [0.3, 0.4) is 0 Å². The highest BCUT2D eigenvalue weighted by Crippen LogP contribution is 2.23. The lowest BCUT2D eigenvalue weighted by Gasteiger charge is -2.36. The maximum Gasteiger partial charge on any atom is 0.302 e. The number of piperazine rings is 1. The maximum absolute atomic E-state index is 11.6. The van der Waals surface area contributed by atoms with Crippen LogP contribution in [0.15, 0.2) is 48.0 Å². The van der Waals surface area contributed by atoms with E-state index in [9.17, 15) is 4.79 Å². The molecule has 30 heavy (non-hydrogen) atoms. The van der Waals surface area contributed by atoms with Crippen molar-refractivity contribution in [2.24, 2.45) is 0 Å². The molecule has 9 heteroatoms. The van der Waals surface area contributed by atoms with Gasteiger partial charge in [-0.25, -0.2) is 15.0 Å². The van der Waals surface area contributed by atoms with E-state index in [4.69, 9.17) is 4.74 Å². The van der Waals surface area contributed by atoms with E-state index in [1.165, 1.54) is 18.8 Å². The second kappa shape index (κ2) is 10.0. The van der Waals surface area contributed by atoms with Gasteiger partial charge in [-0.3, -0.25) is 14.6 Å². The zero-order valence-corrected chi connectivity index (χ0v) is 17.8. The summed E-state index contributed by atoms with van der Waals surface area (Å²) in [5.41, 5.74) is 2.81. The molecule has 1 aliphatic rings. The summed E-state index contributed by atoms with van der Waals surface area (Å²) in [7, 11) is 0. The number of aromatic amines is 1. The first-order valence-electron chi connectivity index (χ1n) is 10.1. The maximum atomic E-state index is 11.6. The molecule has 1 aromatic carbocycles. The molecule has 158 valence electrons. The molecule has 0 radical (unpaired) electrons. The topological polar surface area (TPSA) is 87.2 Å². The number of imidazole rings is 1. The van der Waals surface area contributed by atoms with E-state index < -0.39 is 0 Å². The third kappa shape index (κ3) is 5.56. The Hall–Kier alpha value is -2.49. The summed E-state index contributed by atoms with van der Waals surface area (Å²) >= 11 is 1.56. The number of thioether (sulfide) groups is 1. The first-order chi connectivity index (χ1) is 14.7. The molecule has 8 nitrogen and oxygen atoms in total. The lowest BCUT2D eigenvalue weighted by Crippen LogP contribution is -2.49. The molecular formula is C21H26N6O2S. The van der Waals surface area contributed by atoms with E-state index in [1.54, 1.807) is 18.1 Å². The Morgan fingerprint density at radius 3 is 2.67 bits per heavy atom. The van der Waals surface area contributed by atoms with Crippen molar-refractivity contribution in [1.29, 1.82) is 0 Å². The van der Waals surface area contributed by atoms with Gasteiger partial charge in [0.15, 0.2) is 5.65 Å². The van der Waals surface area contributed by atoms with Crippen LogP contribution >= 0.6 is 11.8 Å². The average molecular weight is 427 g/mol. The van der Waals surface area contributed by atoms with Crippen LogP contribution in [0.2, 0.25) is 0 Å². The number of carbonyl (C=O) groups excluding carboxylic acids is 1. The number of benzene rings is 1. The van der Waals surface area contributed by atoms with Gasteiger partial charge in [-0.05, 0) is 5.56 Å². The van der Waals surface area contributed by atoms with Gasteiger partial charge in [-0.15, -0.1) is 11.8 Å². The van der Waals surface area contributed by atoms with E-state index in [2.05, 4.69) is 54.0 Å². The number of carbonyl (C=O) groups is 1. The van der Waals surface area contributed by atoms with Crippen molar-refractivity contribution >= 4 is 28.9 Å². The molecule has 1 aliphatic heterocycles. The monoisotopic (exact) mass is 426 g/mol. The molecule has 0 spiro atoms. The van der Waals surface area contributed by atoms with Crippen molar-refractivity contribution in [3.63, 3.8) is 0 Å². The molecule has 0 amide bonds. The number of rotatable bonds is 8. The molecule has 1 fully saturated rings. The van der Waals surface area contributed by atoms with Crippen molar-refractivity contribution in [3.05, 3.63) is 48.5 Å². The Bertz CT molecular complexity index is 958. The molecule has 1 saturated heterocycles. The fraction of sp³-hybridized carbons (Fsp3) is 0.429. The zero-order valence-electron chi connectivity index (χ0n) is 17.0. The highest BCUT2D eigenvalue weighted by molar-refractivity contribution is 7.99. The van der Waals surface area contributed by atoms with E-state index in [-0.39, 0.29) is 12.1 Å². The third-order valence-electron chi connectivity index (χ3n) is 5.10. The highest BCUT2D eigenvalue weighted by atomic mass is 32.2. The summed E-state index contributed by atoms with van der Waals surface area (Å²) in [6, 6.07) is 10.6.